The van der Waals surface area contributed by atoms with E-state index < -0.39 is 0 Å². The summed E-state index contributed by atoms with van der Waals surface area (Å²) in [5, 5.41) is 3.57. The molecule has 2 aromatic rings. The number of halogens is 3. The largest absolute Gasteiger partial charge is 0.334 e. The highest BCUT2D eigenvalue weighted by Gasteiger charge is 2.14. The van der Waals surface area contributed by atoms with Crippen LogP contribution < -0.4 is 0 Å². The Bertz CT molecular complexity index is 515. The van der Waals surface area contributed by atoms with E-state index in [4.69, 9.17) is 16.1 Å². The maximum atomic E-state index is 5.88. The van der Waals surface area contributed by atoms with Crippen LogP contribution in [0.1, 0.15) is 18.1 Å². The highest BCUT2D eigenvalue weighted by molar-refractivity contribution is 14.1. The Morgan fingerprint density at radius 1 is 1.50 bits per heavy atom. The molecule has 0 bridgehead atoms. The van der Waals surface area contributed by atoms with Crippen molar-refractivity contribution in [1.29, 1.82) is 0 Å². The van der Waals surface area contributed by atoms with E-state index >= 15 is 0 Å². The van der Waals surface area contributed by atoms with Gasteiger partial charge in [0.25, 0.3) is 5.89 Å². The third kappa shape index (κ3) is 2.57. The minimum atomic E-state index is -0.251. The zero-order valence-electron chi connectivity index (χ0n) is 8.25. The van der Waals surface area contributed by atoms with Gasteiger partial charge in [-0.2, -0.15) is 4.98 Å². The lowest BCUT2D eigenvalue weighted by Gasteiger charge is -1.99. The molecule has 0 aliphatic carbocycles. The Morgan fingerprint density at radius 3 is 2.88 bits per heavy atom. The van der Waals surface area contributed by atoms with Gasteiger partial charge in [-0.25, -0.2) is 0 Å². The van der Waals surface area contributed by atoms with Gasteiger partial charge in [0.2, 0.25) is 0 Å². The molecule has 0 saturated carbocycles. The van der Waals surface area contributed by atoms with Gasteiger partial charge >= 0.3 is 0 Å². The molecule has 0 aliphatic rings. The molecular formula is C10H7BrClIN2O. The summed E-state index contributed by atoms with van der Waals surface area (Å²) in [6.07, 6.45) is 0. The van der Waals surface area contributed by atoms with Gasteiger partial charge in [0.1, 0.15) is 0 Å². The normalized spacial score (nSPS) is 12.8. The molecule has 1 atom stereocenters. The lowest BCUT2D eigenvalue weighted by Crippen LogP contribution is -1.87. The molecule has 0 amide bonds. The summed E-state index contributed by atoms with van der Waals surface area (Å²) in [5.41, 5.74) is 0.878. The fourth-order valence-corrected chi connectivity index (χ4v) is 2.16. The summed E-state index contributed by atoms with van der Waals surface area (Å²) in [6.45, 7) is 1.81. The van der Waals surface area contributed by atoms with Crippen LogP contribution in [0.25, 0.3) is 11.5 Å². The smallest absolute Gasteiger partial charge is 0.259 e. The van der Waals surface area contributed by atoms with Crippen LogP contribution in [0.15, 0.2) is 27.2 Å². The second kappa shape index (κ2) is 5.01. The molecule has 16 heavy (non-hydrogen) atoms. The Kier molecular flexibility index (Phi) is 3.86. The SMILES string of the molecule is CC(Cl)c1noc(-c2cc(I)ccc2Br)n1. The highest BCUT2D eigenvalue weighted by atomic mass is 127. The first-order valence-electron chi connectivity index (χ1n) is 4.51. The Labute approximate surface area is 120 Å². The molecule has 0 spiro atoms. The molecule has 1 aromatic carbocycles. The average molecular weight is 413 g/mol. The number of nitrogens with zero attached hydrogens (tertiary/aromatic N) is 2. The van der Waals surface area contributed by atoms with Crippen molar-refractivity contribution in [1.82, 2.24) is 10.1 Å². The van der Waals surface area contributed by atoms with Crippen LogP contribution in [0.5, 0.6) is 0 Å². The standard InChI is InChI=1S/C10H7BrClIN2O/c1-5(12)9-14-10(16-15-9)7-4-6(13)2-3-8(7)11/h2-5H,1H3. The fraction of sp³-hybridized carbons (Fsp3) is 0.200. The van der Waals surface area contributed by atoms with E-state index in [1.165, 1.54) is 0 Å². The number of rotatable bonds is 2. The third-order valence-corrected chi connectivity index (χ3v) is 3.51. The van der Waals surface area contributed by atoms with E-state index in [1.54, 1.807) is 6.92 Å². The first-order valence-corrected chi connectivity index (χ1v) is 6.82. The minimum absolute atomic E-state index is 0.251. The molecule has 1 heterocycles. The van der Waals surface area contributed by atoms with Crippen molar-refractivity contribution < 1.29 is 4.52 Å². The van der Waals surface area contributed by atoms with Crippen molar-refractivity contribution in [2.75, 3.05) is 0 Å². The summed E-state index contributed by atoms with van der Waals surface area (Å²) in [6, 6.07) is 5.92. The first kappa shape index (κ1) is 12.3. The predicted octanol–water partition coefficient (Wildman–Crippen LogP) is 4.40. The number of hydrogen-bond donors (Lipinski definition) is 0. The molecule has 0 radical (unpaired) electrons. The first-order chi connectivity index (χ1) is 7.58. The van der Waals surface area contributed by atoms with Gasteiger partial charge in [0.15, 0.2) is 5.82 Å². The van der Waals surface area contributed by atoms with Gasteiger partial charge in [-0.05, 0) is 63.6 Å². The van der Waals surface area contributed by atoms with E-state index in [-0.39, 0.29) is 5.38 Å². The third-order valence-electron chi connectivity index (χ3n) is 1.96. The molecule has 84 valence electrons. The van der Waals surface area contributed by atoms with Gasteiger partial charge in [0.05, 0.1) is 10.9 Å². The van der Waals surface area contributed by atoms with Crippen LogP contribution in [0.4, 0.5) is 0 Å². The summed E-state index contributed by atoms with van der Waals surface area (Å²) in [4.78, 5) is 4.24. The van der Waals surface area contributed by atoms with Crippen molar-refractivity contribution in [3.63, 3.8) is 0 Å². The molecule has 0 fully saturated rings. The van der Waals surface area contributed by atoms with Crippen LogP contribution in [-0.4, -0.2) is 10.1 Å². The zero-order valence-corrected chi connectivity index (χ0v) is 12.7. The number of alkyl halides is 1. The summed E-state index contributed by atoms with van der Waals surface area (Å²) < 4.78 is 7.20. The van der Waals surface area contributed by atoms with E-state index in [0.717, 1.165) is 13.6 Å². The average Bonchev–Trinajstić information content (AvgIpc) is 2.70. The topological polar surface area (TPSA) is 38.9 Å². The maximum absolute atomic E-state index is 5.88. The lowest BCUT2D eigenvalue weighted by molar-refractivity contribution is 0.422. The van der Waals surface area contributed by atoms with E-state index in [0.29, 0.717) is 11.7 Å². The summed E-state index contributed by atoms with van der Waals surface area (Å²) in [7, 11) is 0. The van der Waals surface area contributed by atoms with Crippen molar-refractivity contribution in [3.05, 3.63) is 32.1 Å². The minimum Gasteiger partial charge on any atom is -0.334 e. The Balaban J connectivity index is 2.46. The van der Waals surface area contributed by atoms with Crippen LogP contribution in [0.2, 0.25) is 0 Å². The van der Waals surface area contributed by atoms with Crippen LogP contribution in [-0.2, 0) is 0 Å². The molecule has 0 N–H and O–H groups in total. The maximum Gasteiger partial charge on any atom is 0.259 e. The fourth-order valence-electron chi connectivity index (χ4n) is 1.17. The number of benzene rings is 1. The van der Waals surface area contributed by atoms with Gasteiger partial charge in [-0.15, -0.1) is 11.6 Å². The van der Waals surface area contributed by atoms with Gasteiger partial charge in [0, 0.05) is 8.04 Å². The zero-order chi connectivity index (χ0) is 11.7. The van der Waals surface area contributed by atoms with Gasteiger partial charge < -0.3 is 4.52 Å². The Hall–Kier alpha value is -0.140. The molecule has 6 heteroatoms. The molecular weight excluding hydrogens is 406 g/mol. The quantitative estimate of drug-likeness (QED) is 0.541. The van der Waals surface area contributed by atoms with Crippen molar-refractivity contribution in [2.24, 2.45) is 0 Å². The monoisotopic (exact) mass is 412 g/mol. The summed E-state index contributed by atoms with van der Waals surface area (Å²) in [5.74, 6) is 0.982. The van der Waals surface area contributed by atoms with Gasteiger partial charge in [-0.1, -0.05) is 5.16 Å². The number of hydrogen-bond acceptors (Lipinski definition) is 3. The second-order valence-electron chi connectivity index (χ2n) is 3.20. The molecule has 0 aliphatic heterocycles. The van der Waals surface area contributed by atoms with Crippen molar-refractivity contribution in [2.45, 2.75) is 12.3 Å². The van der Waals surface area contributed by atoms with Crippen LogP contribution in [0, 0.1) is 3.57 Å². The van der Waals surface area contributed by atoms with Crippen LogP contribution >= 0.6 is 50.1 Å². The lowest BCUT2D eigenvalue weighted by atomic mass is 10.2. The van der Waals surface area contributed by atoms with E-state index in [9.17, 15) is 0 Å². The second-order valence-corrected chi connectivity index (χ2v) is 5.95. The summed E-state index contributed by atoms with van der Waals surface area (Å²) >= 11 is 11.6. The molecule has 0 saturated heterocycles. The molecule has 2 rings (SSSR count). The highest BCUT2D eigenvalue weighted by Crippen LogP contribution is 2.29. The molecule has 3 nitrogen and oxygen atoms in total. The number of aromatic nitrogens is 2. The van der Waals surface area contributed by atoms with Crippen LogP contribution in [0.3, 0.4) is 0 Å². The van der Waals surface area contributed by atoms with E-state index in [1.807, 2.05) is 18.2 Å². The molecule has 1 aromatic heterocycles. The predicted molar refractivity (Wildman–Crippen MR) is 74.4 cm³/mol. The van der Waals surface area contributed by atoms with Crippen molar-refractivity contribution in [3.8, 4) is 11.5 Å². The Morgan fingerprint density at radius 2 is 2.25 bits per heavy atom. The van der Waals surface area contributed by atoms with Crippen molar-refractivity contribution >= 4 is 50.1 Å². The van der Waals surface area contributed by atoms with Gasteiger partial charge in [-0.3, -0.25) is 0 Å². The molecule has 1 unspecified atom stereocenters. The van der Waals surface area contributed by atoms with E-state index in [2.05, 4.69) is 48.7 Å².